The third kappa shape index (κ3) is 5.04. The van der Waals surface area contributed by atoms with Gasteiger partial charge in [-0.05, 0) is 12.0 Å². The summed E-state index contributed by atoms with van der Waals surface area (Å²) in [4.78, 5) is 16.5. The lowest BCUT2D eigenvalue weighted by Crippen LogP contribution is -2.52. The number of carbonyl (C=O) groups is 1. The summed E-state index contributed by atoms with van der Waals surface area (Å²) in [6, 6.07) is 14.0. The molecule has 1 aliphatic rings. The van der Waals surface area contributed by atoms with E-state index < -0.39 is 0 Å². The second kappa shape index (κ2) is 9.91. The lowest BCUT2D eigenvalue weighted by molar-refractivity contribution is 0.194. The van der Waals surface area contributed by atoms with Crippen LogP contribution in [0.5, 0.6) is 17.2 Å². The molecule has 0 bridgehead atoms. The molecule has 1 fully saturated rings. The Bertz CT molecular complexity index is 780. The van der Waals surface area contributed by atoms with Gasteiger partial charge in [0.2, 0.25) is 5.75 Å². The van der Waals surface area contributed by atoms with Crippen LogP contribution in [0.1, 0.15) is 5.56 Å². The molecule has 1 aliphatic heterocycles. The molecule has 0 unspecified atom stereocenters. The molecule has 0 atom stereocenters. The first-order valence-electron chi connectivity index (χ1n) is 9.78. The van der Waals surface area contributed by atoms with E-state index in [9.17, 15) is 4.79 Å². The van der Waals surface area contributed by atoms with Gasteiger partial charge in [0.05, 0.1) is 21.3 Å². The standard InChI is InChI=1S/C22H29N3O4/c1-27-19-15-18(16-20(28-2)21(19)29-3)24-11-13-25(14-12-24)22(26)23-10-9-17-7-5-4-6-8-17/h4-8,15-16H,9-14H2,1-3H3,(H,23,26). The summed E-state index contributed by atoms with van der Waals surface area (Å²) in [6.45, 7) is 3.44. The molecule has 2 aromatic carbocycles. The summed E-state index contributed by atoms with van der Waals surface area (Å²) >= 11 is 0. The highest BCUT2D eigenvalue weighted by Crippen LogP contribution is 2.41. The van der Waals surface area contributed by atoms with Crippen LogP contribution < -0.4 is 24.4 Å². The van der Waals surface area contributed by atoms with E-state index in [4.69, 9.17) is 14.2 Å². The highest BCUT2D eigenvalue weighted by Gasteiger charge is 2.23. The van der Waals surface area contributed by atoms with Gasteiger partial charge in [-0.3, -0.25) is 0 Å². The van der Waals surface area contributed by atoms with Crippen LogP contribution in [-0.4, -0.2) is 65.0 Å². The number of hydrogen-bond acceptors (Lipinski definition) is 5. The summed E-state index contributed by atoms with van der Waals surface area (Å²) in [5, 5.41) is 3.02. The SMILES string of the molecule is COc1cc(N2CCN(C(=O)NCCc3ccccc3)CC2)cc(OC)c1OC. The third-order valence-corrected chi connectivity index (χ3v) is 5.11. The molecule has 7 nitrogen and oxygen atoms in total. The van der Waals surface area contributed by atoms with Crippen LogP contribution in [0.15, 0.2) is 42.5 Å². The van der Waals surface area contributed by atoms with Gasteiger partial charge in [-0.25, -0.2) is 4.79 Å². The Morgan fingerprint density at radius 2 is 1.55 bits per heavy atom. The minimum Gasteiger partial charge on any atom is -0.493 e. The number of anilines is 1. The minimum absolute atomic E-state index is 0.00882. The molecule has 2 aromatic rings. The van der Waals surface area contributed by atoms with E-state index in [1.54, 1.807) is 21.3 Å². The van der Waals surface area contributed by atoms with Gasteiger partial charge in [-0.15, -0.1) is 0 Å². The normalized spacial score (nSPS) is 13.8. The van der Waals surface area contributed by atoms with Crippen molar-refractivity contribution >= 4 is 11.7 Å². The number of hydrogen-bond donors (Lipinski definition) is 1. The molecule has 0 saturated carbocycles. The molecule has 0 radical (unpaired) electrons. The van der Waals surface area contributed by atoms with Crippen LogP contribution in [0.2, 0.25) is 0 Å². The summed E-state index contributed by atoms with van der Waals surface area (Å²) in [5.74, 6) is 1.83. The zero-order valence-electron chi connectivity index (χ0n) is 17.3. The van der Waals surface area contributed by atoms with Crippen LogP contribution in [0.3, 0.4) is 0 Å². The first-order valence-corrected chi connectivity index (χ1v) is 9.78. The van der Waals surface area contributed by atoms with Crippen LogP contribution in [0.25, 0.3) is 0 Å². The van der Waals surface area contributed by atoms with Gasteiger partial charge in [-0.2, -0.15) is 0 Å². The molecule has 0 spiro atoms. The lowest BCUT2D eigenvalue weighted by atomic mass is 10.1. The van der Waals surface area contributed by atoms with Gasteiger partial charge >= 0.3 is 6.03 Å². The highest BCUT2D eigenvalue weighted by atomic mass is 16.5. The van der Waals surface area contributed by atoms with Crippen molar-refractivity contribution in [2.75, 3.05) is 59.0 Å². The number of ether oxygens (including phenoxy) is 3. The number of urea groups is 1. The van der Waals surface area contributed by atoms with Gasteiger partial charge in [0.25, 0.3) is 0 Å². The molecular formula is C22H29N3O4. The smallest absolute Gasteiger partial charge is 0.317 e. The predicted octanol–water partition coefficient (Wildman–Crippen LogP) is 2.79. The number of nitrogens with zero attached hydrogens (tertiary/aromatic N) is 2. The van der Waals surface area contributed by atoms with Crippen molar-refractivity contribution in [3.8, 4) is 17.2 Å². The molecule has 0 aromatic heterocycles. The van der Waals surface area contributed by atoms with Gasteiger partial charge in [0.15, 0.2) is 11.5 Å². The average Bonchev–Trinajstić information content (AvgIpc) is 2.78. The Labute approximate surface area is 172 Å². The van der Waals surface area contributed by atoms with Crippen LogP contribution in [-0.2, 0) is 6.42 Å². The van der Waals surface area contributed by atoms with Crippen molar-refractivity contribution in [2.45, 2.75) is 6.42 Å². The largest absolute Gasteiger partial charge is 0.493 e. The molecule has 1 saturated heterocycles. The molecule has 1 N–H and O–H groups in total. The van der Waals surface area contributed by atoms with Crippen molar-refractivity contribution in [3.05, 3.63) is 48.0 Å². The monoisotopic (exact) mass is 399 g/mol. The van der Waals surface area contributed by atoms with Crippen molar-refractivity contribution in [1.82, 2.24) is 10.2 Å². The Balaban J connectivity index is 1.54. The van der Waals surface area contributed by atoms with Crippen LogP contribution in [0.4, 0.5) is 10.5 Å². The zero-order valence-corrected chi connectivity index (χ0v) is 17.3. The minimum atomic E-state index is -0.00882. The maximum absolute atomic E-state index is 12.5. The molecule has 0 aliphatic carbocycles. The second-order valence-electron chi connectivity index (χ2n) is 6.83. The van der Waals surface area contributed by atoms with Crippen molar-refractivity contribution < 1.29 is 19.0 Å². The third-order valence-electron chi connectivity index (χ3n) is 5.11. The Morgan fingerprint density at radius 3 is 2.10 bits per heavy atom. The zero-order chi connectivity index (χ0) is 20.6. The maximum Gasteiger partial charge on any atom is 0.317 e. The van der Waals surface area contributed by atoms with Gasteiger partial charge in [0.1, 0.15) is 0 Å². The van der Waals surface area contributed by atoms with Crippen molar-refractivity contribution in [2.24, 2.45) is 0 Å². The van der Waals surface area contributed by atoms with E-state index in [1.165, 1.54) is 5.56 Å². The fourth-order valence-electron chi connectivity index (χ4n) is 3.49. The van der Waals surface area contributed by atoms with E-state index in [0.29, 0.717) is 36.9 Å². The Morgan fingerprint density at radius 1 is 0.931 bits per heavy atom. The number of nitrogens with one attached hydrogen (secondary N) is 1. The molecule has 3 rings (SSSR count). The molecule has 1 heterocycles. The lowest BCUT2D eigenvalue weighted by Gasteiger charge is -2.36. The Hall–Kier alpha value is -3.09. The quantitative estimate of drug-likeness (QED) is 0.776. The maximum atomic E-state index is 12.5. The van der Waals surface area contributed by atoms with E-state index in [0.717, 1.165) is 25.2 Å². The summed E-state index contributed by atoms with van der Waals surface area (Å²) in [6.07, 6.45) is 0.831. The van der Waals surface area contributed by atoms with Crippen LogP contribution >= 0.6 is 0 Å². The first-order chi connectivity index (χ1) is 14.2. The first kappa shape index (κ1) is 20.6. The summed E-state index contributed by atoms with van der Waals surface area (Å²) in [5.41, 5.74) is 2.21. The summed E-state index contributed by atoms with van der Waals surface area (Å²) < 4.78 is 16.3. The van der Waals surface area contributed by atoms with Crippen LogP contribution in [0, 0.1) is 0 Å². The summed E-state index contributed by atoms with van der Waals surface area (Å²) in [7, 11) is 4.81. The van der Waals surface area contributed by atoms with Gasteiger partial charge in [0, 0.05) is 50.5 Å². The number of rotatable bonds is 7. The molecule has 2 amide bonds. The average molecular weight is 399 g/mol. The number of benzene rings is 2. The fraction of sp³-hybridized carbons (Fsp3) is 0.409. The number of piperazine rings is 1. The van der Waals surface area contributed by atoms with E-state index in [1.807, 2.05) is 35.2 Å². The number of methoxy groups -OCH3 is 3. The van der Waals surface area contributed by atoms with Crippen molar-refractivity contribution in [1.29, 1.82) is 0 Å². The second-order valence-corrected chi connectivity index (χ2v) is 6.83. The molecule has 7 heteroatoms. The predicted molar refractivity (Wildman–Crippen MR) is 113 cm³/mol. The Kier molecular flexibility index (Phi) is 7.05. The van der Waals surface area contributed by atoms with E-state index in [2.05, 4.69) is 22.3 Å². The van der Waals surface area contributed by atoms with Gasteiger partial charge < -0.3 is 29.3 Å². The highest BCUT2D eigenvalue weighted by molar-refractivity contribution is 5.74. The molecule has 156 valence electrons. The van der Waals surface area contributed by atoms with Crippen molar-refractivity contribution in [3.63, 3.8) is 0 Å². The van der Waals surface area contributed by atoms with Gasteiger partial charge in [-0.1, -0.05) is 30.3 Å². The topological polar surface area (TPSA) is 63.3 Å². The van der Waals surface area contributed by atoms with E-state index >= 15 is 0 Å². The number of amides is 2. The molecule has 29 heavy (non-hydrogen) atoms. The van der Waals surface area contributed by atoms with E-state index in [-0.39, 0.29) is 6.03 Å². The molecular weight excluding hydrogens is 370 g/mol. The fourth-order valence-corrected chi connectivity index (χ4v) is 3.49. The number of carbonyl (C=O) groups excluding carboxylic acids is 1.